The molecule has 1 aromatic rings. The molecule has 0 unspecified atom stereocenters. The summed E-state index contributed by atoms with van der Waals surface area (Å²) >= 11 is 0. The topological polar surface area (TPSA) is 37.4 Å². The maximum Gasteiger partial charge on any atom is 0.170 e. The van der Waals surface area contributed by atoms with E-state index in [1.54, 1.807) is 17.2 Å². The molecule has 0 amide bonds. The molecule has 5 heteroatoms. The number of pyridine rings is 1. The quantitative estimate of drug-likeness (QED) is 0.795. The van der Waals surface area contributed by atoms with Crippen LogP contribution in [0.15, 0.2) is 12.3 Å². The van der Waals surface area contributed by atoms with Crippen LogP contribution in [0.2, 0.25) is 0 Å². The Labute approximate surface area is 121 Å². The largest absolute Gasteiger partial charge is 0.377 e. The van der Waals surface area contributed by atoms with E-state index in [1.165, 1.54) is 0 Å². The molecular formula is C15H26FN3O. The van der Waals surface area contributed by atoms with Gasteiger partial charge in [0, 0.05) is 37.9 Å². The minimum absolute atomic E-state index is 0.183. The lowest BCUT2D eigenvalue weighted by Gasteiger charge is -2.20. The molecule has 0 saturated heterocycles. The van der Waals surface area contributed by atoms with Crippen molar-refractivity contribution in [2.24, 2.45) is 0 Å². The number of rotatable bonds is 8. The van der Waals surface area contributed by atoms with Crippen molar-refractivity contribution in [2.45, 2.75) is 46.4 Å². The Morgan fingerprint density at radius 1 is 1.35 bits per heavy atom. The zero-order valence-electron chi connectivity index (χ0n) is 13.1. The monoisotopic (exact) mass is 283 g/mol. The Hall–Kier alpha value is -1.20. The molecule has 1 N–H and O–H groups in total. The standard InChI is InChI=1S/C15H26FN3O/c1-11(2)18-10-13-6-7-17-15(14(13)16)19(5)8-9-20-12(3)4/h6-7,11-12,18H,8-10H2,1-5H3. The van der Waals surface area contributed by atoms with Crippen molar-refractivity contribution in [2.75, 3.05) is 25.1 Å². The van der Waals surface area contributed by atoms with Gasteiger partial charge in [0.2, 0.25) is 0 Å². The highest BCUT2D eigenvalue weighted by atomic mass is 19.1. The van der Waals surface area contributed by atoms with Crippen molar-refractivity contribution in [1.29, 1.82) is 0 Å². The van der Waals surface area contributed by atoms with Gasteiger partial charge in [-0.1, -0.05) is 13.8 Å². The van der Waals surface area contributed by atoms with Crippen molar-refractivity contribution < 1.29 is 9.13 Å². The Kier molecular flexibility index (Phi) is 6.88. The maximum atomic E-state index is 14.4. The van der Waals surface area contributed by atoms with Gasteiger partial charge in [-0.3, -0.25) is 0 Å². The average Bonchev–Trinajstić information content (AvgIpc) is 2.36. The molecule has 4 nitrogen and oxygen atoms in total. The van der Waals surface area contributed by atoms with Crippen LogP contribution in [0.5, 0.6) is 0 Å². The van der Waals surface area contributed by atoms with Gasteiger partial charge >= 0.3 is 0 Å². The summed E-state index contributed by atoms with van der Waals surface area (Å²) in [7, 11) is 1.83. The van der Waals surface area contributed by atoms with Gasteiger partial charge in [-0.25, -0.2) is 9.37 Å². The number of likely N-dealkylation sites (N-methyl/N-ethyl adjacent to an activating group) is 1. The molecule has 0 aliphatic carbocycles. The molecule has 0 aromatic carbocycles. The normalized spacial score (nSPS) is 11.4. The first kappa shape index (κ1) is 16.9. The summed E-state index contributed by atoms with van der Waals surface area (Å²) in [4.78, 5) is 5.92. The zero-order valence-corrected chi connectivity index (χ0v) is 13.1. The first-order chi connectivity index (χ1) is 9.41. The van der Waals surface area contributed by atoms with Gasteiger partial charge in [0.1, 0.15) is 0 Å². The van der Waals surface area contributed by atoms with E-state index in [2.05, 4.69) is 10.3 Å². The highest BCUT2D eigenvalue weighted by Crippen LogP contribution is 2.18. The molecule has 114 valence electrons. The number of aromatic nitrogens is 1. The van der Waals surface area contributed by atoms with Crippen LogP contribution >= 0.6 is 0 Å². The minimum Gasteiger partial charge on any atom is -0.377 e. The molecule has 1 heterocycles. The van der Waals surface area contributed by atoms with E-state index in [9.17, 15) is 4.39 Å². The number of hydrogen-bond donors (Lipinski definition) is 1. The van der Waals surface area contributed by atoms with Crippen LogP contribution in [-0.2, 0) is 11.3 Å². The second-order valence-corrected chi connectivity index (χ2v) is 5.48. The van der Waals surface area contributed by atoms with Crippen LogP contribution in [0.3, 0.4) is 0 Å². The predicted molar refractivity (Wildman–Crippen MR) is 80.5 cm³/mol. The lowest BCUT2D eigenvalue weighted by molar-refractivity contribution is 0.0845. The SMILES string of the molecule is CC(C)NCc1ccnc(N(C)CCOC(C)C)c1F. The fourth-order valence-corrected chi connectivity index (χ4v) is 1.72. The molecular weight excluding hydrogens is 257 g/mol. The second-order valence-electron chi connectivity index (χ2n) is 5.48. The van der Waals surface area contributed by atoms with Crippen molar-refractivity contribution in [3.63, 3.8) is 0 Å². The van der Waals surface area contributed by atoms with Gasteiger partial charge < -0.3 is 15.0 Å². The summed E-state index contributed by atoms with van der Waals surface area (Å²) in [5, 5.41) is 3.22. The predicted octanol–water partition coefficient (Wildman–Crippen LogP) is 2.58. The molecule has 0 aliphatic rings. The van der Waals surface area contributed by atoms with Crippen LogP contribution in [0.4, 0.5) is 10.2 Å². The van der Waals surface area contributed by atoms with E-state index in [0.29, 0.717) is 37.1 Å². The van der Waals surface area contributed by atoms with Gasteiger partial charge in [0.25, 0.3) is 0 Å². The summed E-state index contributed by atoms with van der Waals surface area (Å²) in [6, 6.07) is 2.04. The summed E-state index contributed by atoms with van der Waals surface area (Å²) < 4.78 is 19.9. The van der Waals surface area contributed by atoms with E-state index >= 15 is 0 Å². The van der Waals surface area contributed by atoms with Gasteiger partial charge in [0.15, 0.2) is 11.6 Å². The molecule has 0 atom stereocenters. The lowest BCUT2D eigenvalue weighted by Crippen LogP contribution is -2.27. The number of hydrogen-bond acceptors (Lipinski definition) is 4. The second kappa shape index (κ2) is 8.17. The van der Waals surface area contributed by atoms with Crippen molar-refractivity contribution in [3.05, 3.63) is 23.6 Å². The first-order valence-electron chi connectivity index (χ1n) is 7.11. The molecule has 20 heavy (non-hydrogen) atoms. The highest BCUT2D eigenvalue weighted by Gasteiger charge is 2.13. The molecule has 0 fully saturated rings. The molecule has 0 spiro atoms. The van der Waals surface area contributed by atoms with Crippen LogP contribution in [-0.4, -0.2) is 37.3 Å². The van der Waals surface area contributed by atoms with Crippen LogP contribution in [0.1, 0.15) is 33.3 Å². The van der Waals surface area contributed by atoms with Crippen molar-refractivity contribution >= 4 is 5.82 Å². The maximum absolute atomic E-state index is 14.4. The Balaban J connectivity index is 2.67. The van der Waals surface area contributed by atoms with Gasteiger partial charge in [-0.2, -0.15) is 0 Å². The molecule has 1 aromatic heterocycles. The third kappa shape index (κ3) is 5.43. The lowest BCUT2D eigenvalue weighted by atomic mass is 10.2. The fourth-order valence-electron chi connectivity index (χ4n) is 1.72. The Morgan fingerprint density at radius 3 is 2.65 bits per heavy atom. The van der Waals surface area contributed by atoms with E-state index in [4.69, 9.17) is 4.74 Å². The summed E-state index contributed by atoms with van der Waals surface area (Å²) in [5.41, 5.74) is 0.639. The van der Waals surface area contributed by atoms with E-state index in [-0.39, 0.29) is 11.9 Å². The third-order valence-electron chi connectivity index (χ3n) is 2.89. The molecule has 0 aliphatic heterocycles. The number of nitrogens with zero attached hydrogens (tertiary/aromatic N) is 2. The molecule has 0 bridgehead atoms. The van der Waals surface area contributed by atoms with Crippen molar-refractivity contribution in [1.82, 2.24) is 10.3 Å². The minimum atomic E-state index is -0.257. The van der Waals surface area contributed by atoms with Crippen LogP contribution in [0.25, 0.3) is 0 Å². The fraction of sp³-hybridized carbons (Fsp3) is 0.667. The number of halogens is 1. The summed E-state index contributed by atoms with van der Waals surface area (Å²) in [5.74, 6) is 0.119. The number of ether oxygens (including phenoxy) is 1. The van der Waals surface area contributed by atoms with Gasteiger partial charge in [0.05, 0.1) is 12.7 Å². The zero-order chi connectivity index (χ0) is 15.1. The summed E-state index contributed by atoms with van der Waals surface area (Å²) in [6.45, 7) is 9.72. The van der Waals surface area contributed by atoms with E-state index in [0.717, 1.165) is 0 Å². The highest BCUT2D eigenvalue weighted by molar-refractivity contribution is 5.42. The smallest absolute Gasteiger partial charge is 0.170 e. The number of nitrogens with one attached hydrogen (secondary N) is 1. The number of anilines is 1. The first-order valence-corrected chi connectivity index (χ1v) is 7.11. The molecule has 1 rings (SSSR count). The van der Waals surface area contributed by atoms with Gasteiger partial charge in [-0.15, -0.1) is 0 Å². The third-order valence-corrected chi connectivity index (χ3v) is 2.89. The molecule has 0 saturated carbocycles. The van der Waals surface area contributed by atoms with Crippen LogP contribution < -0.4 is 10.2 Å². The van der Waals surface area contributed by atoms with Gasteiger partial charge in [-0.05, 0) is 19.9 Å². The van der Waals surface area contributed by atoms with E-state index < -0.39 is 0 Å². The Morgan fingerprint density at radius 2 is 2.05 bits per heavy atom. The van der Waals surface area contributed by atoms with Crippen molar-refractivity contribution in [3.8, 4) is 0 Å². The Bertz CT molecular complexity index is 410. The summed E-state index contributed by atoms with van der Waals surface area (Å²) in [6.07, 6.45) is 1.83. The van der Waals surface area contributed by atoms with E-state index in [1.807, 2.05) is 34.7 Å². The molecule has 0 radical (unpaired) electrons. The average molecular weight is 283 g/mol. The van der Waals surface area contributed by atoms with Crippen LogP contribution in [0, 0.1) is 5.82 Å².